The summed E-state index contributed by atoms with van der Waals surface area (Å²) in [6.45, 7) is 1.40. The summed E-state index contributed by atoms with van der Waals surface area (Å²) in [6.07, 6.45) is 0. The van der Waals surface area contributed by atoms with Crippen LogP contribution in [-0.2, 0) is 11.3 Å². The molecule has 8 heteroatoms. The number of nitrogens with one attached hydrogen (secondary N) is 1. The van der Waals surface area contributed by atoms with E-state index in [0.717, 1.165) is 5.69 Å². The quantitative estimate of drug-likeness (QED) is 0.832. The summed E-state index contributed by atoms with van der Waals surface area (Å²) in [7, 11) is 0. The van der Waals surface area contributed by atoms with Gasteiger partial charge in [0, 0.05) is 18.8 Å². The lowest BCUT2D eigenvalue weighted by molar-refractivity contribution is 0.0472. The monoisotopic (exact) mass is 374 g/mol. The Balaban J connectivity index is 1.41. The highest BCUT2D eigenvalue weighted by molar-refractivity contribution is 6.32. The Kier molecular flexibility index (Phi) is 4.30. The first-order valence-corrected chi connectivity index (χ1v) is 8.40. The van der Waals surface area contributed by atoms with Crippen LogP contribution in [0.25, 0.3) is 0 Å². The van der Waals surface area contributed by atoms with Gasteiger partial charge in [-0.1, -0.05) is 11.6 Å². The molecule has 2 aromatic rings. The van der Waals surface area contributed by atoms with Gasteiger partial charge in [-0.3, -0.25) is 4.90 Å². The molecule has 2 aromatic carbocycles. The highest BCUT2D eigenvalue weighted by Gasteiger charge is 2.22. The number of amides is 2. The van der Waals surface area contributed by atoms with Crippen molar-refractivity contribution in [3.63, 3.8) is 0 Å². The van der Waals surface area contributed by atoms with Crippen LogP contribution in [0.5, 0.6) is 11.5 Å². The van der Waals surface area contributed by atoms with Crippen LogP contribution in [0.2, 0.25) is 5.02 Å². The standard InChI is InChI=1S/C18H15ClN2O5/c19-14-7-11(8-15-16(14)26-10-25-15)9-24-17(22)12-1-3-13(4-2-12)21-6-5-20-18(21)23/h1-4,7-8H,5-6,9-10H2,(H,20,23). The van der Waals surface area contributed by atoms with Crippen molar-refractivity contribution >= 4 is 29.3 Å². The fourth-order valence-corrected chi connectivity index (χ4v) is 3.12. The first kappa shape index (κ1) is 16.5. The van der Waals surface area contributed by atoms with Gasteiger partial charge in [0.1, 0.15) is 6.61 Å². The molecule has 2 amide bonds. The van der Waals surface area contributed by atoms with Gasteiger partial charge in [-0.25, -0.2) is 9.59 Å². The van der Waals surface area contributed by atoms with Crippen molar-refractivity contribution in [3.8, 4) is 11.5 Å². The second kappa shape index (κ2) is 6.76. The molecule has 1 N–H and O–H groups in total. The van der Waals surface area contributed by atoms with E-state index in [2.05, 4.69) is 5.32 Å². The fraction of sp³-hybridized carbons (Fsp3) is 0.222. The van der Waals surface area contributed by atoms with E-state index in [-0.39, 0.29) is 19.4 Å². The van der Waals surface area contributed by atoms with Gasteiger partial charge >= 0.3 is 12.0 Å². The molecule has 134 valence electrons. The van der Waals surface area contributed by atoms with E-state index in [1.165, 1.54) is 0 Å². The van der Waals surface area contributed by atoms with Crippen molar-refractivity contribution in [2.45, 2.75) is 6.61 Å². The zero-order chi connectivity index (χ0) is 18.1. The Morgan fingerprint density at radius 1 is 1.23 bits per heavy atom. The van der Waals surface area contributed by atoms with E-state index < -0.39 is 5.97 Å². The average molecular weight is 375 g/mol. The van der Waals surface area contributed by atoms with E-state index in [9.17, 15) is 9.59 Å². The van der Waals surface area contributed by atoms with E-state index in [4.69, 9.17) is 25.8 Å². The smallest absolute Gasteiger partial charge is 0.338 e. The largest absolute Gasteiger partial charge is 0.457 e. The van der Waals surface area contributed by atoms with E-state index in [1.807, 2.05) is 0 Å². The molecule has 2 heterocycles. The lowest BCUT2D eigenvalue weighted by Crippen LogP contribution is -2.27. The zero-order valence-corrected chi connectivity index (χ0v) is 14.4. The summed E-state index contributed by atoms with van der Waals surface area (Å²) >= 11 is 6.12. The van der Waals surface area contributed by atoms with Gasteiger partial charge in [-0.2, -0.15) is 0 Å². The Morgan fingerprint density at radius 3 is 2.77 bits per heavy atom. The molecule has 0 aliphatic carbocycles. The molecule has 0 unspecified atom stereocenters. The number of carbonyl (C=O) groups excluding carboxylic acids is 2. The number of urea groups is 1. The minimum absolute atomic E-state index is 0.0610. The van der Waals surface area contributed by atoms with E-state index in [0.29, 0.717) is 40.7 Å². The topological polar surface area (TPSA) is 77.1 Å². The molecule has 0 saturated carbocycles. The number of anilines is 1. The number of fused-ring (bicyclic) bond motifs is 1. The summed E-state index contributed by atoms with van der Waals surface area (Å²) in [4.78, 5) is 25.5. The normalized spacial score (nSPS) is 15.1. The number of esters is 1. The van der Waals surface area contributed by atoms with Crippen molar-refractivity contribution in [1.29, 1.82) is 0 Å². The first-order chi connectivity index (χ1) is 12.6. The van der Waals surface area contributed by atoms with E-state index >= 15 is 0 Å². The number of benzene rings is 2. The maximum Gasteiger partial charge on any atom is 0.338 e. The van der Waals surface area contributed by atoms with Gasteiger partial charge in [-0.15, -0.1) is 0 Å². The van der Waals surface area contributed by atoms with Crippen molar-refractivity contribution < 1.29 is 23.8 Å². The number of hydrogen-bond donors (Lipinski definition) is 1. The molecule has 1 saturated heterocycles. The maximum atomic E-state index is 12.2. The van der Waals surface area contributed by atoms with Crippen LogP contribution in [0.15, 0.2) is 36.4 Å². The molecule has 7 nitrogen and oxygen atoms in total. The van der Waals surface area contributed by atoms with Gasteiger partial charge in [0.05, 0.1) is 10.6 Å². The number of ether oxygens (including phenoxy) is 3. The number of rotatable bonds is 4. The third kappa shape index (κ3) is 3.13. The molecule has 2 aliphatic heterocycles. The van der Waals surface area contributed by atoms with Crippen molar-refractivity contribution in [3.05, 3.63) is 52.5 Å². The number of nitrogens with zero attached hydrogens (tertiary/aromatic N) is 1. The van der Waals surface area contributed by atoms with E-state index in [1.54, 1.807) is 41.3 Å². The average Bonchev–Trinajstić information content (AvgIpc) is 3.29. The second-order valence-corrected chi connectivity index (χ2v) is 6.23. The molecule has 4 rings (SSSR count). The van der Waals surface area contributed by atoms with Crippen molar-refractivity contribution in [1.82, 2.24) is 5.32 Å². The zero-order valence-electron chi connectivity index (χ0n) is 13.7. The minimum atomic E-state index is -0.462. The molecule has 0 spiro atoms. The summed E-state index contributed by atoms with van der Waals surface area (Å²) in [5.74, 6) is 0.580. The van der Waals surface area contributed by atoms with Crippen molar-refractivity contribution in [2.24, 2.45) is 0 Å². The van der Waals surface area contributed by atoms with Gasteiger partial charge in [0.15, 0.2) is 11.5 Å². The van der Waals surface area contributed by atoms with Crippen molar-refractivity contribution in [2.75, 3.05) is 24.8 Å². The summed E-state index contributed by atoms with van der Waals surface area (Å²) in [6, 6.07) is 9.98. The Bertz CT molecular complexity index is 869. The number of halogens is 1. The lowest BCUT2D eigenvalue weighted by atomic mass is 10.2. The molecular weight excluding hydrogens is 360 g/mol. The predicted octanol–water partition coefficient (Wildman–Crippen LogP) is 2.96. The molecule has 2 aliphatic rings. The van der Waals surface area contributed by atoms with Gasteiger partial charge in [-0.05, 0) is 42.0 Å². The summed E-state index contributed by atoms with van der Waals surface area (Å²) in [5.41, 5.74) is 1.84. The van der Waals surface area contributed by atoms with Crippen LogP contribution in [0.3, 0.4) is 0 Å². The number of hydrogen-bond acceptors (Lipinski definition) is 5. The number of carbonyl (C=O) groups is 2. The molecule has 0 radical (unpaired) electrons. The minimum Gasteiger partial charge on any atom is -0.457 e. The predicted molar refractivity (Wildman–Crippen MR) is 93.9 cm³/mol. The van der Waals surface area contributed by atoms with Gasteiger partial charge < -0.3 is 19.5 Å². The molecule has 0 aromatic heterocycles. The van der Waals surface area contributed by atoms with Crippen LogP contribution in [0.1, 0.15) is 15.9 Å². The SMILES string of the molecule is O=C(OCc1cc(Cl)c2c(c1)OCO2)c1ccc(N2CCNC2=O)cc1. The summed E-state index contributed by atoms with van der Waals surface area (Å²) in [5, 5.41) is 3.15. The fourth-order valence-electron chi connectivity index (χ4n) is 2.83. The lowest BCUT2D eigenvalue weighted by Gasteiger charge is -2.14. The highest BCUT2D eigenvalue weighted by Crippen LogP contribution is 2.39. The Morgan fingerprint density at radius 2 is 2.04 bits per heavy atom. The summed E-state index contributed by atoms with van der Waals surface area (Å²) < 4.78 is 15.9. The van der Waals surface area contributed by atoms with Crippen LogP contribution in [0, 0.1) is 0 Å². The first-order valence-electron chi connectivity index (χ1n) is 8.02. The second-order valence-electron chi connectivity index (χ2n) is 5.82. The molecule has 0 bridgehead atoms. The van der Waals surface area contributed by atoms with Crippen LogP contribution in [0.4, 0.5) is 10.5 Å². The Labute approximate surface area is 154 Å². The maximum absolute atomic E-state index is 12.2. The van der Waals surface area contributed by atoms with Crippen LogP contribution < -0.4 is 19.7 Å². The molecular formula is C18H15ClN2O5. The van der Waals surface area contributed by atoms with Gasteiger partial charge in [0.2, 0.25) is 6.79 Å². The highest BCUT2D eigenvalue weighted by atomic mass is 35.5. The molecule has 1 fully saturated rings. The third-order valence-electron chi connectivity index (χ3n) is 4.13. The van der Waals surface area contributed by atoms with Crippen LogP contribution >= 0.6 is 11.6 Å². The van der Waals surface area contributed by atoms with Crippen LogP contribution in [-0.4, -0.2) is 31.9 Å². The molecule has 26 heavy (non-hydrogen) atoms. The molecule has 0 atom stereocenters. The Hall–Kier alpha value is -2.93. The third-order valence-corrected chi connectivity index (χ3v) is 4.41. The van der Waals surface area contributed by atoms with Gasteiger partial charge in [0.25, 0.3) is 0 Å².